The molecule has 0 atom stereocenters. The molecule has 0 saturated carbocycles. The molecule has 0 fully saturated rings. The fourth-order valence-electron chi connectivity index (χ4n) is 2.41. The van der Waals surface area contributed by atoms with Crippen molar-refractivity contribution in [3.8, 4) is 5.75 Å². The highest BCUT2D eigenvalue weighted by Gasteiger charge is 2.20. The van der Waals surface area contributed by atoms with Gasteiger partial charge in [0.2, 0.25) is 10.0 Å². The molecule has 1 aromatic heterocycles. The van der Waals surface area contributed by atoms with Crippen LogP contribution in [0.1, 0.15) is 27.4 Å². The lowest BCUT2D eigenvalue weighted by Crippen LogP contribution is -2.23. The minimum absolute atomic E-state index is 0.0186. The van der Waals surface area contributed by atoms with E-state index in [4.69, 9.17) is 14.3 Å². The summed E-state index contributed by atoms with van der Waals surface area (Å²) in [4.78, 5) is 11.1. The zero-order chi connectivity index (χ0) is 16.6. The number of carboxylic acids is 1. The number of hydrogen-bond acceptors (Lipinski definition) is 5. The molecular formula is C15H15NO6S. The van der Waals surface area contributed by atoms with E-state index >= 15 is 0 Å². The molecule has 2 aromatic rings. The average molecular weight is 337 g/mol. The Morgan fingerprint density at radius 3 is 2.83 bits per heavy atom. The van der Waals surface area contributed by atoms with Gasteiger partial charge in [-0.05, 0) is 24.6 Å². The molecule has 0 bridgehead atoms. The number of hydrogen-bond donors (Lipinski definition) is 2. The summed E-state index contributed by atoms with van der Waals surface area (Å²) in [5, 5.41) is 8.96. The molecule has 0 saturated heterocycles. The van der Waals surface area contributed by atoms with Gasteiger partial charge in [-0.25, -0.2) is 17.9 Å². The summed E-state index contributed by atoms with van der Waals surface area (Å²) in [5.74, 6) is -0.0653. The first-order valence-electron chi connectivity index (χ1n) is 6.95. The van der Waals surface area contributed by atoms with Crippen LogP contribution < -0.4 is 9.46 Å². The van der Waals surface area contributed by atoms with Crippen molar-refractivity contribution in [1.29, 1.82) is 0 Å². The number of furan rings is 1. The highest BCUT2D eigenvalue weighted by molar-refractivity contribution is 7.89. The normalized spacial score (nSPS) is 13.6. The molecule has 8 heteroatoms. The summed E-state index contributed by atoms with van der Waals surface area (Å²) in [6.45, 7) is 1.93. The van der Waals surface area contributed by atoms with Gasteiger partial charge >= 0.3 is 5.97 Å². The van der Waals surface area contributed by atoms with Crippen molar-refractivity contribution < 1.29 is 27.5 Å². The molecule has 1 aliphatic heterocycles. The Bertz CT molecular complexity index is 868. The number of benzene rings is 1. The molecule has 2 N–H and O–H groups in total. The number of fused-ring (bicyclic) bond motifs is 1. The molecule has 7 nitrogen and oxygen atoms in total. The van der Waals surface area contributed by atoms with Crippen LogP contribution in [0.15, 0.2) is 33.6 Å². The Morgan fingerprint density at radius 1 is 1.35 bits per heavy atom. The van der Waals surface area contributed by atoms with Gasteiger partial charge in [0, 0.05) is 12.5 Å². The van der Waals surface area contributed by atoms with Crippen LogP contribution in [0.5, 0.6) is 5.75 Å². The summed E-state index contributed by atoms with van der Waals surface area (Å²) >= 11 is 0. The van der Waals surface area contributed by atoms with E-state index in [1.807, 2.05) is 0 Å². The summed E-state index contributed by atoms with van der Waals surface area (Å²) in [5.41, 5.74) is 1.00. The molecule has 1 aromatic carbocycles. The minimum Gasteiger partial charge on any atom is -0.493 e. The number of rotatable bonds is 5. The first-order chi connectivity index (χ1) is 10.9. The van der Waals surface area contributed by atoms with Gasteiger partial charge in [-0.2, -0.15) is 0 Å². The van der Waals surface area contributed by atoms with Gasteiger partial charge < -0.3 is 14.3 Å². The van der Waals surface area contributed by atoms with E-state index in [1.54, 1.807) is 6.07 Å². The second kappa shape index (κ2) is 5.71. The quantitative estimate of drug-likeness (QED) is 0.860. The third kappa shape index (κ3) is 3.08. The van der Waals surface area contributed by atoms with Gasteiger partial charge in [-0.15, -0.1) is 0 Å². The fourth-order valence-corrected chi connectivity index (χ4v) is 3.41. The smallest absolute Gasteiger partial charge is 0.339 e. The van der Waals surface area contributed by atoms with Crippen LogP contribution in [-0.4, -0.2) is 26.1 Å². The van der Waals surface area contributed by atoms with Crippen LogP contribution in [0.25, 0.3) is 0 Å². The number of carbonyl (C=O) groups is 1. The molecule has 2 heterocycles. The Morgan fingerprint density at radius 2 is 2.13 bits per heavy atom. The van der Waals surface area contributed by atoms with Crippen molar-refractivity contribution >= 4 is 16.0 Å². The molecular weight excluding hydrogens is 322 g/mol. The number of aryl methyl sites for hydroxylation is 1. The summed E-state index contributed by atoms with van der Waals surface area (Å²) in [6.07, 6.45) is 0.771. The van der Waals surface area contributed by atoms with Crippen molar-refractivity contribution in [2.24, 2.45) is 0 Å². The summed E-state index contributed by atoms with van der Waals surface area (Å²) in [6, 6.07) is 6.05. The average Bonchev–Trinajstić information content (AvgIpc) is 3.10. The lowest BCUT2D eigenvalue weighted by Gasteiger charge is -2.07. The number of ether oxygens (including phenoxy) is 1. The molecule has 0 aliphatic carbocycles. The predicted octanol–water partition coefficient (Wildman–Crippen LogP) is 1.70. The topological polar surface area (TPSA) is 106 Å². The predicted molar refractivity (Wildman–Crippen MR) is 80.1 cm³/mol. The van der Waals surface area contributed by atoms with Crippen LogP contribution in [0, 0.1) is 6.92 Å². The molecule has 1 aliphatic rings. The van der Waals surface area contributed by atoms with Crippen LogP contribution in [0.2, 0.25) is 0 Å². The maximum Gasteiger partial charge on any atom is 0.339 e. The first kappa shape index (κ1) is 15.6. The SMILES string of the molecule is Cc1oc(CNS(=O)(=O)c2ccc3c(c2)OCC3)cc1C(=O)O. The summed E-state index contributed by atoms with van der Waals surface area (Å²) in [7, 11) is -3.74. The second-order valence-electron chi connectivity index (χ2n) is 5.18. The fraction of sp³-hybridized carbons (Fsp3) is 0.267. The molecule has 0 amide bonds. The minimum atomic E-state index is -3.74. The molecule has 0 spiro atoms. The third-order valence-corrected chi connectivity index (χ3v) is 5.01. The van der Waals surface area contributed by atoms with E-state index in [1.165, 1.54) is 25.1 Å². The third-order valence-electron chi connectivity index (χ3n) is 3.61. The van der Waals surface area contributed by atoms with Crippen molar-refractivity contribution in [2.45, 2.75) is 24.8 Å². The lowest BCUT2D eigenvalue weighted by molar-refractivity contribution is 0.0695. The van der Waals surface area contributed by atoms with Gasteiger partial charge in [0.1, 0.15) is 22.8 Å². The monoisotopic (exact) mass is 337 g/mol. The van der Waals surface area contributed by atoms with Crippen LogP contribution in [-0.2, 0) is 23.0 Å². The van der Waals surface area contributed by atoms with Gasteiger partial charge in [0.15, 0.2) is 0 Å². The highest BCUT2D eigenvalue weighted by atomic mass is 32.2. The van der Waals surface area contributed by atoms with Gasteiger partial charge in [0.25, 0.3) is 0 Å². The van der Waals surface area contributed by atoms with Gasteiger partial charge in [0.05, 0.1) is 18.0 Å². The Kier molecular flexibility index (Phi) is 3.87. The van der Waals surface area contributed by atoms with E-state index < -0.39 is 16.0 Å². The van der Waals surface area contributed by atoms with Crippen LogP contribution in [0.4, 0.5) is 0 Å². The molecule has 0 radical (unpaired) electrons. The second-order valence-corrected chi connectivity index (χ2v) is 6.95. The maximum absolute atomic E-state index is 12.3. The van der Waals surface area contributed by atoms with E-state index in [2.05, 4.69) is 4.72 Å². The largest absolute Gasteiger partial charge is 0.493 e. The van der Waals surface area contributed by atoms with Crippen molar-refractivity contribution in [3.63, 3.8) is 0 Å². The Labute approximate surface area is 132 Å². The van der Waals surface area contributed by atoms with E-state index in [-0.39, 0.29) is 28.5 Å². The highest BCUT2D eigenvalue weighted by Crippen LogP contribution is 2.28. The number of sulfonamides is 1. The Hall–Kier alpha value is -2.32. The molecule has 23 heavy (non-hydrogen) atoms. The summed E-state index contributed by atoms with van der Waals surface area (Å²) < 4.78 is 37.6. The lowest BCUT2D eigenvalue weighted by atomic mass is 10.2. The van der Waals surface area contributed by atoms with Crippen LogP contribution >= 0.6 is 0 Å². The van der Waals surface area contributed by atoms with Crippen molar-refractivity contribution in [1.82, 2.24) is 4.72 Å². The standard InChI is InChI=1S/C15H15NO6S/c1-9-13(15(17)18)6-11(22-9)8-16-23(19,20)12-3-2-10-4-5-21-14(10)7-12/h2-3,6-7,16H,4-5,8H2,1H3,(H,17,18). The molecule has 122 valence electrons. The van der Waals surface area contributed by atoms with Crippen molar-refractivity contribution in [2.75, 3.05) is 6.61 Å². The zero-order valence-corrected chi connectivity index (χ0v) is 13.1. The first-order valence-corrected chi connectivity index (χ1v) is 8.43. The number of carboxylic acid groups (broad SMARTS) is 1. The zero-order valence-electron chi connectivity index (χ0n) is 12.3. The Balaban J connectivity index is 1.76. The molecule has 0 unspecified atom stereocenters. The van der Waals surface area contributed by atoms with E-state index in [0.29, 0.717) is 12.4 Å². The number of nitrogens with one attached hydrogen (secondary N) is 1. The van der Waals surface area contributed by atoms with Crippen LogP contribution in [0.3, 0.4) is 0 Å². The van der Waals surface area contributed by atoms with E-state index in [9.17, 15) is 13.2 Å². The van der Waals surface area contributed by atoms with Gasteiger partial charge in [-0.3, -0.25) is 0 Å². The van der Waals surface area contributed by atoms with Crippen molar-refractivity contribution in [3.05, 3.63) is 46.9 Å². The maximum atomic E-state index is 12.3. The van der Waals surface area contributed by atoms with Gasteiger partial charge in [-0.1, -0.05) is 6.07 Å². The van der Waals surface area contributed by atoms with E-state index in [0.717, 1.165) is 12.0 Å². The number of aromatic carboxylic acids is 1. The molecule has 3 rings (SSSR count).